The minimum absolute atomic E-state index is 0.200. The summed E-state index contributed by atoms with van der Waals surface area (Å²) in [6, 6.07) is 10.8. The van der Waals surface area contributed by atoms with E-state index in [2.05, 4.69) is 5.32 Å². The first-order valence-electron chi connectivity index (χ1n) is 5.87. The first-order valence-corrected chi connectivity index (χ1v) is 7.13. The van der Waals surface area contributed by atoms with Crippen molar-refractivity contribution in [2.24, 2.45) is 0 Å². The van der Waals surface area contributed by atoms with Gasteiger partial charge in [0.1, 0.15) is 0 Å². The van der Waals surface area contributed by atoms with Crippen LogP contribution in [0.1, 0.15) is 10.4 Å². The van der Waals surface area contributed by atoms with Gasteiger partial charge in [-0.1, -0.05) is 35.5 Å². The number of thioether (sulfide) groups is 1. The highest BCUT2D eigenvalue weighted by molar-refractivity contribution is 7.99. The van der Waals surface area contributed by atoms with Crippen molar-refractivity contribution in [3.8, 4) is 0 Å². The van der Waals surface area contributed by atoms with Crippen LogP contribution in [0.25, 0.3) is 0 Å². The summed E-state index contributed by atoms with van der Waals surface area (Å²) in [7, 11) is 0. The Hall–Kier alpha value is -1.79. The maximum absolute atomic E-state index is 12.5. The van der Waals surface area contributed by atoms with Gasteiger partial charge in [0.15, 0.2) is 0 Å². The van der Waals surface area contributed by atoms with Crippen LogP contribution in [0.2, 0.25) is 5.02 Å². The maximum atomic E-state index is 12.5. The van der Waals surface area contributed by atoms with E-state index in [1.807, 2.05) is 0 Å². The monoisotopic (exact) mass is 328 g/mol. The second-order valence-corrected chi connectivity index (χ2v) is 5.51. The van der Waals surface area contributed by atoms with Crippen molar-refractivity contribution < 1.29 is 13.6 Å². The van der Waals surface area contributed by atoms with E-state index in [1.54, 1.807) is 24.3 Å². The number of rotatable bonds is 4. The minimum atomic E-state index is -2.57. The number of anilines is 2. The zero-order valence-corrected chi connectivity index (χ0v) is 12.2. The molecule has 0 unspecified atom stereocenters. The Labute approximate surface area is 129 Å². The molecular formula is C14H11ClF2N2OS. The normalized spacial score (nSPS) is 10.7. The molecule has 0 radical (unpaired) electrons. The third kappa shape index (κ3) is 4.09. The molecule has 2 aromatic carbocycles. The number of halogens is 3. The Kier molecular flexibility index (Phi) is 5.03. The molecule has 0 spiro atoms. The lowest BCUT2D eigenvalue weighted by molar-refractivity contribution is 0.102. The molecule has 0 aliphatic heterocycles. The van der Waals surface area contributed by atoms with Crippen molar-refractivity contribution >= 4 is 40.6 Å². The summed E-state index contributed by atoms with van der Waals surface area (Å²) in [5.41, 5.74) is 6.52. The van der Waals surface area contributed by atoms with Crippen LogP contribution >= 0.6 is 23.4 Å². The summed E-state index contributed by atoms with van der Waals surface area (Å²) in [5, 5.41) is 2.77. The molecular weight excluding hydrogens is 318 g/mol. The smallest absolute Gasteiger partial charge is 0.288 e. The van der Waals surface area contributed by atoms with E-state index in [0.717, 1.165) is 0 Å². The highest BCUT2D eigenvalue weighted by Crippen LogP contribution is 2.32. The molecule has 2 aromatic rings. The van der Waals surface area contributed by atoms with Gasteiger partial charge >= 0.3 is 0 Å². The molecule has 3 nitrogen and oxygen atoms in total. The molecule has 7 heteroatoms. The Morgan fingerprint density at radius 2 is 1.95 bits per heavy atom. The predicted octanol–water partition coefficient (Wildman–Crippen LogP) is 4.49. The number of nitrogens with two attached hydrogens (primary N) is 1. The second-order valence-electron chi connectivity index (χ2n) is 4.07. The molecule has 0 atom stereocenters. The summed E-state index contributed by atoms with van der Waals surface area (Å²) in [6.07, 6.45) is 0. The number of alkyl halides is 2. The first kappa shape index (κ1) is 15.6. The third-order valence-electron chi connectivity index (χ3n) is 2.59. The molecule has 0 heterocycles. The van der Waals surface area contributed by atoms with E-state index in [9.17, 15) is 13.6 Å². The highest BCUT2D eigenvalue weighted by Gasteiger charge is 2.14. The van der Waals surface area contributed by atoms with Crippen molar-refractivity contribution in [1.82, 2.24) is 0 Å². The molecule has 0 saturated carbocycles. The minimum Gasteiger partial charge on any atom is -0.399 e. The van der Waals surface area contributed by atoms with Gasteiger partial charge in [-0.15, -0.1) is 0 Å². The molecule has 0 bridgehead atoms. The molecule has 0 fully saturated rings. The molecule has 1 amide bonds. The van der Waals surface area contributed by atoms with E-state index in [-0.39, 0.29) is 15.5 Å². The third-order valence-corrected chi connectivity index (χ3v) is 3.69. The van der Waals surface area contributed by atoms with Crippen LogP contribution in [0.5, 0.6) is 0 Å². The quantitative estimate of drug-likeness (QED) is 0.642. The largest absolute Gasteiger partial charge is 0.399 e. The van der Waals surface area contributed by atoms with Gasteiger partial charge in [0.25, 0.3) is 11.7 Å². The Morgan fingerprint density at radius 1 is 1.24 bits per heavy atom. The fourth-order valence-corrected chi connectivity index (χ4v) is 2.54. The van der Waals surface area contributed by atoms with Gasteiger partial charge in [-0.25, -0.2) is 0 Å². The second kappa shape index (κ2) is 6.78. The van der Waals surface area contributed by atoms with Gasteiger partial charge in [-0.2, -0.15) is 8.78 Å². The maximum Gasteiger partial charge on any atom is 0.288 e. The molecule has 110 valence electrons. The van der Waals surface area contributed by atoms with Crippen LogP contribution in [0, 0.1) is 0 Å². The van der Waals surface area contributed by atoms with Crippen molar-refractivity contribution in [1.29, 1.82) is 0 Å². The SMILES string of the molecule is Nc1ccc(C(=O)Nc2ccccc2SC(F)F)c(Cl)c1. The Morgan fingerprint density at radius 3 is 2.62 bits per heavy atom. The van der Waals surface area contributed by atoms with E-state index in [4.69, 9.17) is 17.3 Å². The lowest BCUT2D eigenvalue weighted by Crippen LogP contribution is -2.13. The Balaban J connectivity index is 2.23. The van der Waals surface area contributed by atoms with Gasteiger partial charge in [0, 0.05) is 10.6 Å². The van der Waals surface area contributed by atoms with Crippen LogP contribution in [-0.4, -0.2) is 11.7 Å². The van der Waals surface area contributed by atoms with Gasteiger partial charge < -0.3 is 11.1 Å². The summed E-state index contributed by atoms with van der Waals surface area (Å²) in [4.78, 5) is 12.4. The number of amides is 1. The molecule has 0 aromatic heterocycles. The van der Waals surface area contributed by atoms with Crippen molar-refractivity contribution in [3.63, 3.8) is 0 Å². The van der Waals surface area contributed by atoms with Crippen LogP contribution < -0.4 is 11.1 Å². The lowest BCUT2D eigenvalue weighted by atomic mass is 10.2. The topological polar surface area (TPSA) is 55.1 Å². The first-order chi connectivity index (χ1) is 9.97. The number of hydrogen-bond donors (Lipinski definition) is 2. The van der Waals surface area contributed by atoms with Gasteiger partial charge in [-0.05, 0) is 30.3 Å². The van der Waals surface area contributed by atoms with Crippen molar-refractivity contribution in [2.45, 2.75) is 10.7 Å². The summed E-state index contributed by atoms with van der Waals surface area (Å²) >= 11 is 6.32. The number of hydrogen-bond acceptors (Lipinski definition) is 3. The molecule has 0 aliphatic carbocycles. The zero-order valence-electron chi connectivity index (χ0n) is 10.6. The molecule has 0 saturated heterocycles. The van der Waals surface area contributed by atoms with E-state index >= 15 is 0 Å². The van der Waals surface area contributed by atoms with Crippen LogP contribution in [-0.2, 0) is 0 Å². The standard InChI is InChI=1S/C14H11ClF2N2OS/c15-10-7-8(18)5-6-9(10)13(20)19-11-3-1-2-4-12(11)21-14(16)17/h1-7,14H,18H2,(H,19,20). The fourth-order valence-electron chi connectivity index (χ4n) is 1.67. The fraction of sp³-hybridized carbons (Fsp3) is 0.0714. The predicted molar refractivity (Wildman–Crippen MR) is 82.1 cm³/mol. The van der Waals surface area contributed by atoms with E-state index in [1.165, 1.54) is 18.2 Å². The number of nitrogens with one attached hydrogen (secondary N) is 1. The highest BCUT2D eigenvalue weighted by atomic mass is 35.5. The average Bonchev–Trinajstić information content (AvgIpc) is 2.40. The van der Waals surface area contributed by atoms with E-state index in [0.29, 0.717) is 23.1 Å². The summed E-state index contributed by atoms with van der Waals surface area (Å²) in [5.74, 6) is -3.05. The summed E-state index contributed by atoms with van der Waals surface area (Å²) < 4.78 is 25.0. The lowest BCUT2D eigenvalue weighted by Gasteiger charge is -2.11. The van der Waals surface area contributed by atoms with Gasteiger partial charge in [-0.3, -0.25) is 4.79 Å². The molecule has 0 aliphatic rings. The zero-order chi connectivity index (χ0) is 15.4. The Bertz CT molecular complexity index is 667. The number of carbonyl (C=O) groups excluding carboxylic acids is 1. The van der Waals surface area contributed by atoms with Crippen LogP contribution in [0.3, 0.4) is 0 Å². The van der Waals surface area contributed by atoms with Crippen molar-refractivity contribution in [3.05, 3.63) is 53.1 Å². The van der Waals surface area contributed by atoms with Crippen molar-refractivity contribution in [2.75, 3.05) is 11.1 Å². The molecule has 21 heavy (non-hydrogen) atoms. The number of carbonyl (C=O) groups is 1. The van der Waals surface area contributed by atoms with E-state index < -0.39 is 11.7 Å². The number of benzene rings is 2. The summed E-state index contributed by atoms with van der Waals surface area (Å²) in [6.45, 7) is 0. The van der Waals surface area contributed by atoms with Crippen LogP contribution in [0.4, 0.5) is 20.2 Å². The molecule has 2 rings (SSSR count). The molecule has 3 N–H and O–H groups in total. The van der Waals surface area contributed by atoms with Gasteiger partial charge in [0.2, 0.25) is 0 Å². The number of nitrogen functional groups attached to an aromatic ring is 1. The van der Waals surface area contributed by atoms with Gasteiger partial charge in [0.05, 0.1) is 16.3 Å². The number of para-hydroxylation sites is 1. The average molecular weight is 329 g/mol. The van der Waals surface area contributed by atoms with Crippen LogP contribution in [0.15, 0.2) is 47.4 Å².